The number of rotatable bonds is 9. The zero-order valence-electron chi connectivity index (χ0n) is 11.2. The Balaban J connectivity index is 2.30. The highest BCUT2D eigenvalue weighted by Crippen LogP contribution is 2.15. The first-order chi connectivity index (χ1) is 9.13. The summed E-state index contributed by atoms with van der Waals surface area (Å²) in [6.45, 7) is 1.60. The Morgan fingerprint density at radius 3 is 2.26 bits per heavy atom. The van der Waals surface area contributed by atoms with Gasteiger partial charge >= 0.3 is 0 Å². The second kappa shape index (κ2) is 9.07. The topological polar surface area (TPSA) is 43.4 Å². The van der Waals surface area contributed by atoms with E-state index in [1.54, 1.807) is 19.1 Å². The fourth-order valence-corrected chi connectivity index (χ4v) is 2.14. The predicted octanol–water partition coefficient (Wildman–Crippen LogP) is 4.18. The molecule has 0 radical (unpaired) electrons. The van der Waals surface area contributed by atoms with Gasteiger partial charge in [0.2, 0.25) is 0 Å². The van der Waals surface area contributed by atoms with Crippen molar-refractivity contribution in [2.75, 3.05) is 4.61 Å². The standard InChI is InChI=1S/C15H19IO3/c1-12(17)5-3-2-4-6-15(18)13-7-9-14(10-8-13)19-11-16/h7-10H,2-6,11H2,1H3. The predicted molar refractivity (Wildman–Crippen MR) is 84.1 cm³/mol. The third kappa shape index (κ3) is 6.71. The molecule has 0 bridgehead atoms. The van der Waals surface area contributed by atoms with E-state index in [2.05, 4.69) is 22.6 Å². The molecule has 1 rings (SSSR count). The second-order valence-corrected chi connectivity index (χ2v) is 5.09. The summed E-state index contributed by atoms with van der Waals surface area (Å²) in [6.07, 6.45) is 3.82. The molecule has 0 heterocycles. The van der Waals surface area contributed by atoms with Crippen LogP contribution in [0.15, 0.2) is 24.3 Å². The van der Waals surface area contributed by atoms with Crippen LogP contribution in [0.4, 0.5) is 0 Å². The molecule has 0 saturated carbocycles. The molecule has 0 spiro atoms. The summed E-state index contributed by atoms with van der Waals surface area (Å²) in [5.74, 6) is 1.16. The van der Waals surface area contributed by atoms with Crippen molar-refractivity contribution in [2.45, 2.75) is 39.0 Å². The number of carbonyl (C=O) groups is 2. The van der Waals surface area contributed by atoms with Gasteiger partial charge in [-0.15, -0.1) is 0 Å². The van der Waals surface area contributed by atoms with E-state index in [-0.39, 0.29) is 11.6 Å². The number of carbonyl (C=O) groups excluding carboxylic acids is 2. The maximum absolute atomic E-state index is 11.9. The highest BCUT2D eigenvalue weighted by atomic mass is 127. The van der Waals surface area contributed by atoms with Crippen molar-refractivity contribution in [3.8, 4) is 5.75 Å². The normalized spacial score (nSPS) is 10.2. The molecular formula is C15H19IO3. The van der Waals surface area contributed by atoms with Crippen molar-refractivity contribution in [1.29, 1.82) is 0 Å². The van der Waals surface area contributed by atoms with Crippen molar-refractivity contribution in [1.82, 2.24) is 0 Å². The summed E-state index contributed by atoms with van der Waals surface area (Å²) in [6, 6.07) is 7.25. The third-order valence-electron chi connectivity index (χ3n) is 2.83. The second-order valence-electron chi connectivity index (χ2n) is 4.46. The molecule has 3 nitrogen and oxygen atoms in total. The molecule has 0 aliphatic heterocycles. The zero-order valence-corrected chi connectivity index (χ0v) is 13.3. The minimum absolute atomic E-state index is 0.156. The summed E-state index contributed by atoms with van der Waals surface area (Å²) in [5, 5.41) is 0. The number of halogens is 1. The van der Waals surface area contributed by atoms with Crippen LogP contribution in [0.1, 0.15) is 49.4 Å². The average molecular weight is 374 g/mol. The number of ether oxygens (including phenoxy) is 1. The zero-order chi connectivity index (χ0) is 14.1. The highest BCUT2D eigenvalue weighted by molar-refractivity contribution is 14.1. The average Bonchev–Trinajstić information content (AvgIpc) is 2.39. The number of hydrogen-bond acceptors (Lipinski definition) is 3. The van der Waals surface area contributed by atoms with Crippen molar-refractivity contribution in [2.24, 2.45) is 0 Å². The van der Waals surface area contributed by atoms with Gasteiger partial charge in [-0.2, -0.15) is 0 Å². The molecule has 0 fully saturated rings. The van der Waals surface area contributed by atoms with E-state index in [1.165, 1.54) is 0 Å². The van der Waals surface area contributed by atoms with E-state index in [4.69, 9.17) is 4.74 Å². The smallest absolute Gasteiger partial charge is 0.162 e. The lowest BCUT2D eigenvalue weighted by Crippen LogP contribution is -1.99. The van der Waals surface area contributed by atoms with Crippen molar-refractivity contribution < 1.29 is 14.3 Å². The highest BCUT2D eigenvalue weighted by Gasteiger charge is 2.06. The Labute approximate surface area is 127 Å². The molecular weight excluding hydrogens is 355 g/mol. The Morgan fingerprint density at radius 1 is 1.05 bits per heavy atom. The van der Waals surface area contributed by atoms with Gasteiger partial charge in [0, 0.05) is 18.4 Å². The van der Waals surface area contributed by atoms with Crippen molar-refractivity contribution in [3.05, 3.63) is 29.8 Å². The molecule has 0 atom stereocenters. The monoisotopic (exact) mass is 374 g/mol. The van der Waals surface area contributed by atoms with Crippen molar-refractivity contribution in [3.63, 3.8) is 0 Å². The van der Waals surface area contributed by atoms with Crippen LogP contribution in [0.3, 0.4) is 0 Å². The summed E-state index contributed by atoms with van der Waals surface area (Å²) in [5.41, 5.74) is 0.729. The summed E-state index contributed by atoms with van der Waals surface area (Å²) in [4.78, 5) is 22.7. The molecule has 0 amide bonds. The Kier molecular flexibility index (Phi) is 7.70. The van der Waals surface area contributed by atoms with E-state index in [9.17, 15) is 9.59 Å². The maximum Gasteiger partial charge on any atom is 0.162 e. The summed E-state index contributed by atoms with van der Waals surface area (Å²) >= 11 is 2.13. The number of unbranched alkanes of at least 4 members (excludes halogenated alkanes) is 2. The number of hydrogen-bond donors (Lipinski definition) is 0. The van der Waals surface area contributed by atoms with E-state index >= 15 is 0 Å². The Bertz CT molecular complexity index is 412. The molecule has 0 N–H and O–H groups in total. The minimum atomic E-state index is 0.156. The number of alkyl halides is 1. The fourth-order valence-electron chi connectivity index (χ4n) is 1.78. The molecule has 0 aliphatic carbocycles. The molecule has 0 saturated heterocycles. The molecule has 0 unspecified atom stereocenters. The van der Waals surface area contributed by atoms with Gasteiger partial charge in [0.1, 0.15) is 16.1 Å². The largest absolute Gasteiger partial charge is 0.483 e. The van der Waals surface area contributed by atoms with Crippen LogP contribution in [-0.4, -0.2) is 16.2 Å². The van der Waals surface area contributed by atoms with Gasteiger partial charge in [0.15, 0.2) is 5.78 Å². The fraction of sp³-hybridized carbons (Fsp3) is 0.467. The van der Waals surface area contributed by atoms with Gasteiger partial charge in [0.05, 0.1) is 0 Å². The maximum atomic E-state index is 11.9. The number of ketones is 2. The van der Waals surface area contributed by atoms with E-state index in [0.29, 0.717) is 17.5 Å². The lowest BCUT2D eigenvalue weighted by Gasteiger charge is -2.04. The Hall–Kier alpha value is -0.910. The lowest BCUT2D eigenvalue weighted by atomic mass is 10.0. The quantitative estimate of drug-likeness (QED) is 0.282. The molecule has 104 valence electrons. The molecule has 1 aromatic rings. The molecule has 0 aromatic heterocycles. The molecule has 0 aliphatic rings. The first-order valence-corrected chi connectivity index (χ1v) is 7.97. The van der Waals surface area contributed by atoms with Gasteiger partial charge in [-0.3, -0.25) is 4.79 Å². The Morgan fingerprint density at radius 2 is 1.68 bits per heavy atom. The van der Waals surface area contributed by atoms with Crippen LogP contribution in [0.2, 0.25) is 0 Å². The van der Waals surface area contributed by atoms with Gasteiger partial charge < -0.3 is 9.53 Å². The van der Waals surface area contributed by atoms with Crippen molar-refractivity contribution >= 4 is 34.2 Å². The molecule has 4 heteroatoms. The SMILES string of the molecule is CC(=O)CCCCCC(=O)c1ccc(OCI)cc1. The van der Waals surface area contributed by atoms with Crippen LogP contribution in [0, 0.1) is 0 Å². The summed E-state index contributed by atoms with van der Waals surface area (Å²) in [7, 11) is 0. The lowest BCUT2D eigenvalue weighted by molar-refractivity contribution is -0.117. The van der Waals surface area contributed by atoms with Crippen LogP contribution < -0.4 is 4.74 Å². The van der Waals surface area contributed by atoms with Crippen LogP contribution >= 0.6 is 22.6 Å². The van der Waals surface area contributed by atoms with E-state index < -0.39 is 0 Å². The first kappa shape index (κ1) is 16.1. The number of Topliss-reactive ketones (excluding diaryl/α,β-unsaturated/α-hetero) is 2. The molecule has 19 heavy (non-hydrogen) atoms. The van der Waals surface area contributed by atoms with Gasteiger partial charge in [-0.25, -0.2) is 0 Å². The third-order valence-corrected chi connectivity index (χ3v) is 3.14. The van der Waals surface area contributed by atoms with Crippen LogP contribution in [-0.2, 0) is 4.79 Å². The van der Waals surface area contributed by atoms with Gasteiger partial charge in [-0.05, 0) is 66.6 Å². The summed E-state index contributed by atoms with van der Waals surface area (Å²) < 4.78 is 5.92. The minimum Gasteiger partial charge on any atom is -0.483 e. The van der Waals surface area contributed by atoms with Gasteiger partial charge in [0.25, 0.3) is 0 Å². The van der Waals surface area contributed by atoms with Crippen LogP contribution in [0.5, 0.6) is 5.75 Å². The van der Waals surface area contributed by atoms with E-state index in [1.807, 2.05) is 12.1 Å². The molecule has 1 aromatic carbocycles. The van der Waals surface area contributed by atoms with Crippen LogP contribution in [0.25, 0.3) is 0 Å². The van der Waals surface area contributed by atoms with E-state index in [0.717, 1.165) is 30.6 Å². The number of benzene rings is 1. The van der Waals surface area contributed by atoms with Gasteiger partial charge in [-0.1, -0.05) is 6.42 Å². The first-order valence-electron chi connectivity index (χ1n) is 6.45.